The second-order valence-electron chi connectivity index (χ2n) is 18.3. The largest absolute Gasteiger partial charge is 0.462 e. The molecule has 0 aromatic rings. The summed E-state index contributed by atoms with van der Waals surface area (Å²) in [6.07, 6.45) is 55.3. The molecule has 0 aromatic carbocycles. The van der Waals surface area contributed by atoms with Crippen LogP contribution in [0.2, 0.25) is 0 Å². The molecule has 3 unspecified atom stereocenters. The molecule has 0 fully saturated rings. The molecule has 3 N–H and O–H groups in total. The van der Waals surface area contributed by atoms with Gasteiger partial charge >= 0.3 is 5.97 Å². The zero-order valence-electron chi connectivity index (χ0n) is 40.4. The van der Waals surface area contributed by atoms with Crippen LogP contribution in [0.1, 0.15) is 284 Å². The van der Waals surface area contributed by atoms with Gasteiger partial charge in [-0.1, -0.05) is 251 Å². The minimum atomic E-state index is -0.792. The normalized spacial score (nSPS) is 13.3. The van der Waals surface area contributed by atoms with E-state index in [-0.39, 0.29) is 24.9 Å². The van der Waals surface area contributed by atoms with E-state index in [1.807, 2.05) is 0 Å². The number of carbonyl (C=O) groups excluding carboxylic acids is 2. The quantitative estimate of drug-likeness (QED) is 0.0322. The number of carbonyl (C=O) groups is 2. The van der Waals surface area contributed by atoms with Crippen LogP contribution < -0.4 is 5.32 Å². The van der Waals surface area contributed by atoms with Gasteiger partial charge in [-0.25, -0.2) is 0 Å². The first-order valence-corrected chi connectivity index (χ1v) is 26.6. The lowest BCUT2D eigenvalue weighted by Gasteiger charge is -2.24. The molecule has 6 heteroatoms. The molecule has 0 aliphatic heterocycles. The lowest BCUT2D eigenvalue weighted by atomic mass is 10.0. The van der Waals surface area contributed by atoms with Gasteiger partial charge in [0.2, 0.25) is 5.91 Å². The third-order valence-electron chi connectivity index (χ3n) is 12.3. The minimum absolute atomic E-state index is 0.0609. The van der Waals surface area contributed by atoms with Crippen molar-refractivity contribution >= 4 is 11.9 Å². The van der Waals surface area contributed by atoms with Crippen LogP contribution in [0.15, 0.2) is 24.3 Å². The Balaban J connectivity index is 4.57. The minimum Gasteiger partial charge on any atom is -0.462 e. The number of ether oxygens (including phenoxy) is 1. The van der Waals surface area contributed by atoms with Gasteiger partial charge in [0, 0.05) is 6.42 Å². The summed E-state index contributed by atoms with van der Waals surface area (Å²) in [6.45, 7) is 6.48. The Hall–Kier alpha value is -1.66. The molecular formula is C54H103NO5. The lowest BCUT2D eigenvalue weighted by Crippen LogP contribution is -2.46. The number of amides is 1. The summed E-state index contributed by atoms with van der Waals surface area (Å²) in [6, 6.07) is -0.707. The molecular weight excluding hydrogens is 743 g/mol. The van der Waals surface area contributed by atoms with Gasteiger partial charge < -0.3 is 20.3 Å². The average molecular weight is 846 g/mol. The summed E-state index contributed by atoms with van der Waals surface area (Å²) in [7, 11) is 0. The molecule has 0 aliphatic rings. The van der Waals surface area contributed by atoms with Crippen molar-refractivity contribution in [2.24, 2.45) is 0 Å². The molecule has 0 saturated carbocycles. The zero-order valence-corrected chi connectivity index (χ0v) is 40.4. The molecule has 6 nitrogen and oxygen atoms in total. The molecule has 60 heavy (non-hydrogen) atoms. The van der Waals surface area contributed by atoms with Crippen molar-refractivity contribution in [3.63, 3.8) is 0 Å². The summed E-state index contributed by atoms with van der Waals surface area (Å²) < 4.78 is 5.90. The molecule has 0 rings (SSSR count). The monoisotopic (exact) mass is 846 g/mol. The van der Waals surface area contributed by atoms with E-state index in [0.717, 1.165) is 38.5 Å². The summed E-state index contributed by atoms with van der Waals surface area (Å²) >= 11 is 0. The standard InChI is InChI=1S/C54H103NO5/c1-4-7-10-13-16-19-22-25-26-29-31-34-37-40-43-46-52(57)51(49-56)55-53(58)48-50(45-42-39-36-33-30-27-23-20-17-14-11-8-5-2)60-54(59)47-44-41-38-35-32-28-24-21-18-15-12-9-6-3/h28,32,38,41,50-52,56-57H,4-27,29-31,33-37,39-40,42-49H2,1-3H3,(H,55,58)/b32-28-,41-38+. The highest BCUT2D eigenvalue weighted by atomic mass is 16.5. The third-order valence-corrected chi connectivity index (χ3v) is 12.3. The second kappa shape index (κ2) is 48.4. The van der Waals surface area contributed by atoms with Gasteiger partial charge in [-0.05, 0) is 44.9 Å². The molecule has 0 aromatic heterocycles. The highest BCUT2D eigenvalue weighted by Crippen LogP contribution is 2.18. The van der Waals surface area contributed by atoms with Crippen molar-refractivity contribution in [2.75, 3.05) is 6.61 Å². The van der Waals surface area contributed by atoms with Crippen molar-refractivity contribution in [2.45, 2.75) is 302 Å². The first kappa shape index (κ1) is 58.3. The first-order valence-electron chi connectivity index (χ1n) is 26.6. The van der Waals surface area contributed by atoms with Gasteiger partial charge in [0.05, 0.1) is 25.2 Å². The van der Waals surface area contributed by atoms with Crippen LogP contribution in [-0.2, 0) is 14.3 Å². The number of rotatable bonds is 48. The van der Waals surface area contributed by atoms with Crippen molar-refractivity contribution in [3.8, 4) is 0 Å². The smallest absolute Gasteiger partial charge is 0.306 e. The average Bonchev–Trinajstić information content (AvgIpc) is 3.24. The molecule has 0 bridgehead atoms. The Bertz CT molecular complexity index is 950. The van der Waals surface area contributed by atoms with Crippen molar-refractivity contribution in [3.05, 3.63) is 24.3 Å². The van der Waals surface area contributed by atoms with Gasteiger partial charge in [0.1, 0.15) is 6.10 Å². The fourth-order valence-corrected chi connectivity index (χ4v) is 8.25. The lowest BCUT2D eigenvalue weighted by molar-refractivity contribution is -0.150. The van der Waals surface area contributed by atoms with Crippen LogP contribution >= 0.6 is 0 Å². The van der Waals surface area contributed by atoms with Crippen LogP contribution in [0.25, 0.3) is 0 Å². The number of aliphatic hydroxyl groups is 2. The summed E-state index contributed by atoms with van der Waals surface area (Å²) in [5, 5.41) is 23.8. The third kappa shape index (κ3) is 43.0. The molecule has 0 radical (unpaired) electrons. The zero-order chi connectivity index (χ0) is 43.8. The molecule has 0 heterocycles. The summed E-state index contributed by atoms with van der Waals surface area (Å²) in [5.41, 5.74) is 0. The number of hydrogen-bond donors (Lipinski definition) is 3. The fourth-order valence-electron chi connectivity index (χ4n) is 8.25. The van der Waals surface area contributed by atoms with E-state index in [2.05, 4.69) is 50.4 Å². The molecule has 3 atom stereocenters. The number of allylic oxidation sites excluding steroid dienone is 4. The van der Waals surface area contributed by atoms with Gasteiger partial charge in [-0.2, -0.15) is 0 Å². The SMILES string of the molecule is CCCCCCCC/C=C\C/C=C/CCC(=O)OC(CCCCCCCCCCCCCCC)CC(=O)NC(CO)C(O)CCCCCCCCCCCCCCCCC. The Morgan fingerprint density at radius 1 is 0.483 bits per heavy atom. The van der Waals surface area contributed by atoms with Gasteiger partial charge in [-0.3, -0.25) is 9.59 Å². The predicted molar refractivity (Wildman–Crippen MR) is 260 cm³/mol. The van der Waals surface area contributed by atoms with Gasteiger partial charge in [0.25, 0.3) is 0 Å². The number of hydrogen-bond acceptors (Lipinski definition) is 5. The molecule has 0 aliphatic carbocycles. The molecule has 0 spiro atoms. The molecule has 0 saturated heterocycles. The Morgan fingerprint density at radius 2 is 0.850 bits per heavy atom. The van der Waals surface area contributed by atoms with E-state index in [1.165, 1.54) is 193 Å². The number of unbranched alkanes of at least 4 members (excludes halogenated alkanes) is 32. The van der Waals surface area contributed by atoms with Crippen LogP contribution in [0.5, 0.6) is 0 Å². The Labute approximate surface area is 373 Å². The van der Waals surface area contributed by atoms with Crippen LogP contribution in [-0.4, -0.2) is 46.9 Å². The molecule has 354 valence electrons. The van der Waals surface area contributed by atoms with E-state index in [4.69, 9.17) is 4.74 Å². The maximum atomic E-state index is 13.2. The maximum Gasteiger partial charge on any atom is 0.306 e. The Kier molecular flexibility index (Phi) is 47.0. The van der Waals surface area contributed by atoms with Crippen molar-refractivity contribution in [1.29, 1.82) is 0 Å². The van der Waals surface area contributed by atoms with Gasteiger partial charge in [0.15, 0.2) is 0 Å². The number of esters is 1. The summed E-state index contributed by atoms with van der Waals surface area (Å²) in [4.78, 5) is 26.1. The van der Waals surface area contributed by atoms with E-state index in [9.17, 15) is 19.8 Å². The van der Waals surface area contributed by atoms with Crippen LogP contribution in [0.3, 0.4) is 0 Å². The number of aliphatic hydroxyl groups excluding tert-OH is 2. The maximum absolute atomic E-state index is 13.2. The van der Waals surface area contributed by atoms with Crippen LogP contribution in [0, 0.1) is 0 Å². The second-order valence-corrected chi connectivity index (χ2v) is 18.3. The topological polar surface area (TPSA) is 95.9 Å². The number of nitrogens with one attached hydrogen (secondary N) is 1. The van der Waals surface area contributed by atoms with E-state index in [1.54, 1.807) is 0 Å². The first-order chi connectivity index (χ1) is 29.5. The highest BCUT2D eigenvalue weighted by Gasteiger charge is 2.24. The van der Waals surface area contributed by atoms with Crippen molar-refractivity contribution < 1.29 is 24.5 Å². The molecule has 1 amide bonds. The fraction of sp³-hybridized carbons (Fsp3) is 0.889. The van der Waals surface area contributed by atoms with Gasteiger partial charge in [-0.15, -0.1) is 0 Å². The van der Waals surface area contributed by atoms with E-state index >= 15 is 0 Å². The van der Waals surface area contributed by atoms with Crippen molar-refractivity contribution in [1.82, 2.24) is 5.32 Å². The van der Waals surface area contributed by atoms with E-state index in [0.29, 0.717) is 25.7 Å². The van der Waals surface area contributed by atoms with Crippen LogP contribution in [0.4, 0.5) is 0 Å². The predicted octanol–water partition coefficient (Wildman–Crippen LogP) is 15.9. The highest BCUT2D eigenvalue weighted by molar-refractivity contribution is 5.77. The Morgan fingerprint density at radius 3 is 1.27 bits per heavy atom. The van der Waals surface area contributed by atoms with E-state index < -0.39 is 18.2 Å². The summed E-state index contributed by atoms with van der Waals surface area (Å²) in [5.74, 6) is -0.539.